The minimum Gasteiger partial charge on any atom is -0.875 e. The molecule has 0 heterocycles. The number of ketones is 2. The molecule has 2 N–H and O–H groups in total. The second-order valence-corrected chi connectivity index (χ2v) is 9.54. The second kappa shape index (κ2) is 13.9. The molecule has 0 aliphatic carbocycles. The molecule has 5 nitrogen and oxygen atoms in total. The van der Waals surface area contributed by atoms with Crippen molar-refractivity contribution in [2.24, 2.45) is 10.8 Å². The van der Waals surface area contributed by atoms with Gasteiger partial charge in [0.1, 0.15) is 0 Å². The molecule has 0 rings (SSSR count). The van der Waals surface area contributed by atoms with Gasteiger partial charge in [0.25, 0.3) is 0 Å². The Balaban J connectivity index is -0.000000309. The Kier molecular flexibility index (Phi) is 15.9. The molecular weight excluding hydrogens is 674 g/mol. The molecule has 20 heteroatoms. The number of carbonyl (C=O) groups is 2. The number of allylic oxidation sites excluding steroid dienone is 4. The van der Waals surface area contributed by atoms with Crippen LogP contribution < -0.4 is 10.2 Å². The summed E-state index contributed by atoms with van der Waals surface area (Å²) in [6.45, 7) is 7.08. The van der Waals surface area contributed by atoms with E-state index in [1.807, 2.05) is 0 Å². The third-order valence-electron chi connectivity index (χ3n) is 4.12. The summed E-state index contributed by atoms with van der Waals surface area (Å²) in [6.07, 6.45) is -14.1. The van der Waals surface area contributed by atoms with Crippen LogP contribution in [0.1, 0.15) is 41.5 Å². The first-order chi connectivity index (χ1) is 16.1. The van der Waals surface area contributed by atoms with Crippen molar-refractivity contribution in [3.63, 3.8) is 0 Å². The fraction of sp³-hybridized carbons (Fsp3) is 0.700. The van der Waals surface area contributed by atoms with Gasteiger partial charge in [-0.2, -0.15) is 61.5 Å². The van der Waals surface area contributed by atoms with E-state index in [1.54, 1.807) is 0 Å². The SMILES string of the molecule is CC(C)(C)/C([O-])=C\C(=O)C(F)(F)C(F)(F)C(F)(F)F.CC(C)(C)/C([O-])=C\C(=O)C(F)(F)C(F)(F)C(F)(F)F.O.[Sr+2]. The molecule has 0 spiro atoms. The van der Waals surface area contributed by atoms with Crippen LogP contribution in [0.2, 0.25) is 0 Å². The number of hydrogen-bond acceptors (Lipinski definition) is 4. The molecule has 0 aromatic heterocycles. The van der Waals surface area contributed by atoms with E-state index in [9.17, 15) is 81.3 Å². The maximum absolute atomic E-state index is 12.8. The summed E-state index contributed by atoms with van der Waals surface area (Å²) in [5.74, 6) is -33.5. The van der Waals surface area contributed by atoms with Crippen molar-refractivity contribution in [1.29, 1.82) is 0 Å². The summed E-state index contributed by atoms with van der Waals surface area (Å²) >= 11 is 0. The summed E-state index contributed by atoms with van der Waals surface area (Å²) in [5, 5.41) is 22.3. The molecule has 0 radical (unpaired) electrons. The largest absolute Gasteiger partial charge is 2.00 e. The van der Waals surface area contributed by atoms with Crippen LogP contribution in [0.25, 0.3) is 0 Å². The standard InChI is InChI=1S/2C10H11F7O2.H2O.Sr/c2*1-7(2,3)5(18)4-6(19)8(11,12)9(13,14)10(15,16)17;;/h2*4,18H,1-3H3;1H2;/q;;;+2/p-2/b2*5-4+;;. The van der Waals surface area contributed by atoms with Gasteiger partial charge in [0.15, 0.2) is 0 Å². The Morgan fingerprint density at radius 1 is 0.500 bits per heavy atom. The molecule has 0 aromatic carbocycles. The normalized spacial score (nSPS) is 14.8. The Morgan fingerprint density at radius 3 is 0.800 bits per heavy atom. The summed E-state index contributed by atoms with van der Waals surface area (Å²) < 4.78 is 172. The van der Waals surface area contributed by atoms with Crippen molar-refractivity contribution in [2.75, 3.05) is 0 Å². The van der Waals surface area contributed by atoms with Crippen molar-refractivity contribution in [3.05, 3.63) is 23.7 Å². The van der Waals surface area contributed by atoms with Crippen LogP contribution in [0, 0.1) is 10.8 Å². The van der Waals surface area contributed by atoms with Crippen molar-refractivity contribution in [3.8, 4) is 0 Å². The number of alkyl halides is 14. The molecule has 0 fully saturated rings. The molecule has 0 aliphatic heterocycles. The van der Waals surface area contributed by atoms with Crippen molar-refractivity contribution >= 4 is 57.0 Å². The summed E-state index contributed by atoms with van der Waals surface area (Å²) in [4.78, 5) is 21.6. The maximum Gasteiger partial charge on any atom is 2.00 e. The minimum absolute atomic E-state index is 0. The molecule has 0 aliphatic rings. The molecule has 0 saturated carbocycles. The van der Waals surface area contributed by atoms with Gasteiger partial charge in [-0.3, -0.25) is 9.59 Å². The molecular formula is C20H22F14O5Sr. The van der Waals surface area contributed by atoms with Gasteiger partial charge in [-0.15, -0.1) is 11.5 Å². The molecule has 0 atom stereocenters. The Labute approximate surface area is 254 Å². The number of halogens is 14. The number of carbonyl (C=O) groups excluding carboxylic acids is 2. The van der Waals surface area contributed by atoms with Gasteiger partial charge >= 0.3 is 81.5 Å². The summed E-state index contributed by atoms with van der Waals surface area (Å²) in [7, 11) is 0. The minimum atomic E-state index is -6.61. The Hall–Kier alpha value is -1.12. The number of hydrogen-bond donors (Lipinski definition) is 0. The zero-order valence-electron chi connectivity index (χ0n) is 21.3. The first-order valence-corrected chi connectivity index (χ1v) is 9.62. The van der Waals surface area contributed by atoms with E-state index in [1.165, 1.54) is 41.5 Å². The van der Waals surface area contributed by atoms with Crippen molar-refractivity contribution < 1.29 is 86.7 Å². The first-order valence-electron chi connectivity index (χ1n) is 9.62. The van der Waals surface area contributed by atoms with Crippen LogP contribution in [-0.2, 0) is 9.59 Å². The topological polar surface area (TPSA) is 112 Å². The van der Waals surface area contributed by atoms with E-state index in [0.717, 1.165) is 0 Å². The summed E-state index contributed by atoms with van der Waals surface area (Å²) in [6, 6.07) is 0. The van der Waals surface area contributed by atoms with Gasteiger partial charge in [0, 0.05) is 0 Å². The first kappa shape index (κ1) is 45.9. The van der Waals surface area contributed by atoms with Crippen LogP contribution in [0.4, 0.5) is 61.5 Å². The molecule has 0 amide bonds. The van der Waals surface area contributed by atoms with Gasteiger partial charge in [0.05, 0.1) is 0 Å². The average Bonchev–Trinajstić information content (AvgIpc) is 2.64. The van der Waals surface area contributed by atoms with Crippen LogP contribution in [0.5, 0.6) is 0 Å². The van der Waals surface area contributed by atoms with Crippen LogP contribution >= 0.6 is 0 Å². The quantitative estimate of drug-likeness (QED) is 0.180. The fourth-order valence-electron chi connectivity index (χ4n) is 1.52. The summed E-state index contributed by atoms with van der Waals surface area (Å²) in [5.41, 5.74) is -2.72. The van der Waals surface area contributed by atoms with E-state index in [0.29, 0.717) is 0 Å². The van der Waals surface area contributed by atoms with E-state index < -0.39 is 82.1 Å². The van der Waals surface area contributed by atoms with Gasteiger partial charge < -0.3 is 15.7 Å². The van der Waals surface area contributed by atoms with Crippen molar-refractivity contribution in [2.45, 2.75) is 77.6 Å². The molecule has 232 valence electrons. The van der Waals surface area contributed by atoms with Crippen LogP contribution in [0.15, 0.2) is 23.7 Å². The zero-order valence-corrected chi connectivity index (χ0v) is 24.8. The average molecular weight is 696 g/mol. The molecule has 0 aromatic rings. The third-order valence-corrected chi connectivity index (χ3v) is 4.12. The fourth-order valence-corrected chi connectivity index (χ4v) is 1.52. The Bertz CT molecular complexity index is 861. The van der Waals surface area contributed by atoms with E-state index in [2.05, 4.69) is 0 Å². The second-order valence-electron chi connectivity index (χ2n) is 9.54. The predicted molar refractivity (Wildman–Crippen MR) is 106 cm³/mol. The van der Waals surface area contributed by atoms with E-state index in [-0.39, 0.29) is 51.0 Å². The zero-order chi connectivity index (χ0) is 31.7. The van der Waals surface area contributed by atoms with Gasteiger partial charge in [-0.05, 0) is 23.0 Å². The molecule has 0 bridgehead atoms. The van der Waals surface area contributed by atoms with Gasteiger partial charge in [-0.25, -0.2) is 0 Å². The van der Waals surface area contributed by atoms with E-state index in [4.69, 9.17) is 0 Å². The van der Waals surface area contributed by atoms with Gasteiger partial charge in [-0.1, -0.05) is 41.5 Å². The van der Waals surface area contributed by atoms with Crippen molar-refractivity contribution in [1.82, 2.24) is 0 Å². The third kappa shape index (κ3) is 10.6. The maximum atomic E-state index is 12.8. The Morgan fingerprint density at radius 2 is 0.675 bits per heavy atom. The van der Waals surface area contributed by atoms with E-state index >= 15 is 0 Å². The van der Waals surface area contributed by atoms with Crippen LogP contribution in [-0.4, -0.2) is 98.6 Å². The molecule has 0 saturated heterocycles. The smallest absolute Gasteiger partial charge is 0.875 e. The molecule has 0 unspecified atom stereocenters. The molecule has 40 heavy (non-hydrogen) atoms. The van der Waals surface area contributed by atoms with Gasteiger partial charge in [0.2, 0.25) is 11.6 Å². The predicted octanol–water partition coefficient (Wildman–Crippen LogP) is 4.15. The van der Waals surface area contributed by atoms with Crippen LogP contribution in [0.3, 0.4) is 0 Å². The monoisotopic (exact) mass is 696 g/mol. The number of rotatable bonds is 6.